The molecule has 2 bridgehead atoms. The Morgan fingerprint density at radius 1 is 1.24 bits per heavy atom. The highest BCUT2D eigenvalue weighted by atomic mass is 16.5. The number of nitrogens with one attached hydrogen (secondary N) is 3. The second kappa shape index (κ2) is 7.61. The van der Waals surface area contributed by atoms with Crippen LogP contribution in [0.5, 0.6) is 0 Å². The molecule has 2 unspecified atom stereocenters. The fourth-order valence-corrected chi connectivity index (χ4v) is 4.37. The number of nitrogens with zero attached hydrogens (tertiary/aromatic N) is 3. The summed E-state index contributed by atoms with van der Waals surface area (Å²) in [5, 5.41) is 8.98. The van der Waals surface area contributed by atoms with Crippen LogP contribution in [0.4, 0.5) is 16.4 Å². The molecule has 0 saturated carbocycles. The SMILES string of the molecule is CCNC(=O)Nc1ccc(-c2nc(N3CC4CCC3CO4)nc3c2CNC3)cc1. The molecule has 1 aromatic carbocycles. The van der Waals surface area contributed by atoms with Crippen molar-refractivity contribution in [2.75, 3.05) is 29.9 Å². The minimum atomic E-state index is -0.197. The summed E-state index contributed by atoms with van der Waals surface area (Å²) in [6.45, 7) is 5.66. The van der Waals surface area contributed by atoms with Gasteiger partial charge in [-0.25, -0.2) is 14.8 Å². The number of hydrogen-bond acceptors (Lipinski definition) is 6. The Bertz CT molecular complexity index is 908. The molecule has 1 aromatic heterocycles. The van der Waals surface area contributed by atoms with Crippen LogP contribution in [0.2, 0.25) is 0 Å². The lowest BCUT2D eigenvalue weighted by Gasteiger charge is -2.45. The number of morpholine rings is 1. The Morgan fingerprint density at radius 2 is 2.10 bits per heavy atom. The van der Waals surface area contributed by atoms with Crippen LogP contribution in [0, 0.1) is 0 Å². The van der Waals surface area contributed by atoms with E-state index >= 15 is 0 Å². The minimum absolute atomic E-state index is 0.197. The molecule has 8 nitrogen and oxygen atoms in total. The number of urea groups is 1. The summed E-state index contributed by atoms with van der Waals surface area (Å²) in [5.74, 6) is 0.810. The molecule has 5 heterocycles. The molecule has 2 amide bonds. The van der Waals surface area contributed by atoms with Gasteiger partial charge < -0.3 is 25.6 Å². The number of ether oxygens (including phenoxy) is 1. The maximum atomic E-state index is 11.7. The number of anilines is 2. The molecule has 2 aromatic rings. The Labute approximate surface area is 170 Å². The molecule has 6 rings (SSSR count). The van der Waals surface area contributed by atoms with Gasteiger partial charge in [-0.3, -0.25) is 0 Å². The van der Waals surface area contributed by atoms with E-state index in [4.69, 9.17) is 14.7 Å². The van der Waals surface area contributed by atoms with Crippen molar-refractivity contribution in [2.24, 2.45) is 0 Å². The first-order valence-corrected chi connectivity index (χ1v) is 10.4. The largest absolute Gasteiger partial charge is 0.374 e. The molecule has 0 aliphatic carbocycles. The first-order valence-electron chi connectivity index (χ1n) is 10.4. The van der Waals surface area contributed by atoms with Crippen LogP contribution >= 0.6 is 0 Å². The summed E-state index contributed by atoms with van der Waals surface area (Å²) in [5.41, 5.74) is 5.01. The van der Waals surface area contributed by atoms with Crippen molar-refractivity contribution in [3.8, 4) is 11.3 Å². The number of fused-ring (bicyclic) bond motifs is 4. The molecule has 4 aliphatic heterocycles. The number of amides is 2. The summed E-state index contributed by atoms with van der Waals surface area (Å²) >= 11 is 0. The topological polar surface area (TPSA) is 91.4 Å². The van der Waals surface area contributed by atoms with E-state index in [2.05, 4.69) is 20.9 Å². The highest BCUT2D eigenvalue weighted by Gasteiger charge is 2.36. The second-order valence-electron chi connectivity index (χ2n) is 7.80. The summed E-state index contributed by atoms with van der Waals surface area (Å²) in [7, 11) is 0. The molecular weight excluding hydrogens is 368 g/mol. The van der Waals surface area contributed by atoms with E-state index in [0.29, 0.717) is 12.6 Å². The van der Waals surface area contributed by atoms with Crippen molar-refractivity contribution in [3.63, 3.8) is 0 Å². The van der Waals surface area contributed by atoms with Crippen LogP contribution in [0.15, 0.2) is 24.3 Å². The second-order valence-corrected chi connectivity index (χ2v) is 7.80. The van der Waals surface area contributed by atoms with Gasteiger partial charge in [-0.1, -0.05) is 12.1 Å². The molecule has 0 spiro atoms. The number of carbonyl (C=O) groups excluding carboxylic acids is 1. The van der Waals surface area contributed by atoms with E-state index in [9.17, 15) is 4.79 Å². The Balaban J connectivity index is 1.45. The van der Waals surface area contributed by atoms with Gasteiger partial charge in [0.15, 0.2) is 0 Å². The maximum absolute atomic E-state index is 11.7. The lowest BCUT2D eigenvalue weighted by molar-refractivity contribution is -0.0232. The van der Waals surface area contributed by atoms with Crippen molar-refractivity contribution in [2.45, 2.75) is 45.0 Å². The number of piperidine rings is 1. The Kier molecular flexibility index (Phi) is 4.81. The van der Waals surface area contributed by atoms with Crippen molar-refractivity contribution < 1.29 is 9.53 Å². The van der Waals surface area contributed by atoms with Gasteiger partial charge in [0, 0.05) is 43.0 Å². The summed E-state index contributed by atoms with van der Waals surface area (Å²) in [6.07, 6.45) is 2.55. The molecule has 8 heteroatoms. The van der Waals surface area contributed by atoms with Crippen molar-refractivity contribution in [3.05, 3.63) is 35.5 Å². The molecule has 3 saturated heterocycles. The fraction of sp³-hybridized carbons (Fsp3) is 0.476. The van der Waals surface area contributed by atoms with Gasteiger partial charge in [0.05, 0.1) is 30.1 Å². The Morgan fingerprint density at radius 3 is 2.79 bits per heavy atom. The maximum Gasteiger partial charge on any atom is 0.319 e. The van der Waals surface area contributed by atoms with Gasteiger partial charge in [0.2, 0.25) is 5.95 Å². The van der Waals surface area contributed by atoms with Crippen molar-refractivity contribution in [1.29, 1.82) is 0 Å². The van der Waals surface area contributed by atoms with Gasteiger partial charge in [0.25, 0.3) is 0 Å². The Hall–Kier alpha value is -2.71. The van der Waals surface area contributed by atoms with Crippen molar-refractivity contribution in [1.82, 2.24) is 20.6 Å². The highest BCUT2D eigenvalue weighted by Crippen LogP contribution is 2.33. The first-order chi connectivity index (χ1) is 14.2. The van der Waals surface area contributed by atoms with Gasteiger partial charge in [-0.15, -0.1) is 0 Å². The third kappa shape index (κ3) is 3.54. The predicted octanol–water partition coefficient (Wildman–Crippen LogP) is 2.26. The van der Waals surface area contributed by atoms with Gasteiger partial charge in [-0.05, 0) is 31.9 Å². The molecular formula is C21H26N6O2. The monoisotopic (exact) mass is 394 g/mol. The zero-order valence-electron chi connectivity index (χ0n) is 16.6. The molecule has 2 atom stereocenters. The number of carbonyl (C=O) groups is 1. The fourth-order valence-electron chi connectivity index (χ4n) is 4.37. The van der Waals surface area contributed by atoms with Crippen LogP contribution in [0.1, 0.15) is 31.0 Å². The molecule has 3 fully saturated rings. The quantitative estimate of drug-likeness (QED) is 0.737. The number of aromatic nitrogens is 2. The zero-order chi connectivity index (χ0) is 19.8. The van der Waals surface area contributed by atoms with Gasteiger partial charge >= 0.3 is 6.03 Å². The van der Waals surface area contributed by atoms with E-state index in [1.807, 2.05) is 31.2 Å². The lowest BCUT2D eigenvalue weighted by atomic mass is 9.97. The third-order valence-corrected chi connectivity index (χ3v) is 5.87. The van der Waals surface area contributed by atoms with Crippen LogP contribution in [-0.4, -0.2) is 47.8 Å². The summed E-state index contributed by atoms with van der Waals surface area (Å²) < 4.78 is 5.85. The normalized spacial score (nSPS) is 22.4. The third-order valence-electron chi connectivity index (χ3n) is 5.87. The molecule has 152 valence electrons. The average Bonchev–Trinajstić information content (AvgIpc) is 3.23. The lowest BCUT2D eigenvalue weighted by Crippen LogP contribution is -2.55. The van der Waals surface area contributed by atoms with Crippen LogP contribution in [0.3, 0.4) is 0 Å². The molecule has 0 radical (unpaired) electrons. The van der Waals surface area contributed by atoms with E-state index in [-0.39, 0.29) is 12.1 Å². The molecule has 29 heavy (non-hydrogen) atoms. The molecule has 3 N–H and O–H groups in total. The predicted molar refractivity (Wildman–Crippen MR) is 111 cm³/mol. The molecule has 4 aliphatic rings. The zero-order valence-corrected chi connectivity index (χ0v) is 16.6. The van der Waals surface area contributed by atoms with Crippen molar-refractivity contribution >= 4 is 17.7 Å². The van der Waals surface area contributed by atoms with Crippen LogP contribution in [0.25, 0.3) is 11.3 Å². The van der Waals surface area contributed by atoms with E-state index in [1.165, 1.54) is 0 Å². The number of hydrogen-bond donors (Lipinski definition) is 3. The highest BCUT2D eigenvalue weighted by molar-refractivity contribution is 5.89. The van der Waals surface area contributed by atoms with E-state index in [1.54, 1.807) is 0 Å². The van der Waals surface area contributed by atoms with Crippen LogP contribution < -0.4 is 20.9 Å². The summed E-state index contributed by atoms with van der Waals surface area (Å²) in [6, 6.07) is 8.02. The summed E-state index contributed by atoms with van der Waals surface area (Å²) in [4.78, 5) is 23.9. The average molecular weight is 394 g/mol. The standard InChI is InChI=1S/C21H26N6O2/c1-2-23-21(28)24-14-5-3-13(4-6-14)19-17-9-22-10-18(17)25-20(26-19)27-11-16-8-7-15(27)12-29-16/h3-6,15-16,22H,2,7-12H2,1H3,(H2,23,24,28). The first kappa shape index (κ1) is 18.3. The number of rotatable bonds is 4. The van der Waals surface area contributed by atoms with E-state index in [0.717, 1.165) is 73.2 Å². The van der Waals surface area contributed by atoms with E-state index < -0.39 is 0 Å². The van der Waals surface area contributed by atoms with Crippen LogP contribution in [-0.2, 0) is 17.8 Å². The number of benzene rings is 1. The minimum Gasteiger partial charge on any atom is -0.374 e. The smallest absolute Gasteiger partial charge is 0.319 e. The van der Waals surface area contributed by atoms with Gasteiger partial charge in [-0.2, -0.15) is 0 Å². The van der Waals surface area contributed by atoms with Gasteiger partial charge in [0.1, 0.15) is 0 Å².